The third-order valence-electron chi connectivity index (χ3n) is 4.55. The first kappa shape index (κ1) is 16.2. The first-order valence-electron chi connectivity index (χ1n) is 8.37. The van der Waals surface area contributed by atoms with Gasteiger partial charge in [0.1, 0.15) is 0 Å². The van der Waals surface area contributed by atoms with Crippen LogP contribution in [-0.4, -0.2) is 19.5 Å². The number of hydrogen-bond donors (Lipinski definition) is 0. The van der Waals surface area contributed by atoms with E-state index in [1.807, 2.05) is 41.0 Å². The van der Waals surface area contributed by atoms with Gasteiger partial charge in [0, 0.05) is 10.8 Å². The normalized spacial score (nSPS) is 11.3. The minimum absolute atomic E-state index is 0.0665. The zero-order chi connectivity index (χ0) is 18.4. The van der Waals surface area contributed by atoms with Gasteiger partial charge in [0.05, 0.1) is 11.0 Å². The number of nitrogens with zero attached hydrogens (tertiary/aromatic N) is 4. The van der Waals surface area contributed by atoms with Gasteiger partial charge in [-0.15, -0.1) is 0 Å². The van der Waals surface area contributed by atoms with Crippen LogP contribution in [-0.2, 0) is 0 Å². The highest BCUT2D eigenvalue weighted by Gasteiger charge is 2.16. The molecule has 0 aliphatic rings. The fourth-order valence-corrected chi connectivity index (χ4v) is 3.77. The van der Waals surface area contributed by atoms with Crippen molar-refractivity contribution in [2.24, 2.45) is 0 Å². The van der Waals surface area contributed by atoms with Crippen molar-refractivity contribution in [2.75, 3.05) is 0 Å². The molecule has 27 heavy (non-hydrogen) atoms. The molecule has 0 bridgehead atoms. The molecule has 0 N–H and O–H groups in total. The third kappa shape index (κ3) is 2.74. The smallest absolute Gasteiger partial charge is 0.240 e. The predicted molar refractivity (Wildman–Crippen MR) is 110 cm³/mol. The first-order chi connectivity index (χ1) is 13.2. The first-order valence-corrected chi connectivity index (χ1v) is 9.12. The number of para-hydroxylation sites is 1. The Morgan fingerprint density at radius 2 is 1.26 bits per heavy atom. The maximum atomic E-state index is 6.01. The molecule has 0 spiro atoms. The lowest BCUT2D eigenvalue weighted by molar-refractivity contribution is 0.941. The Morgan fingerprint density at radius 1 is 0.593 bits per heavy atom. The summed E-state index contributed by atoms with van der Waals surface area (Å²) in [6.45, 7) is 0. The molecule has 0 unspecified atom stereocenters. The summed E-state index contributed by atoms with van der Waals surface area (Å²) in [5.74, 6) is 0.402. The van der Waals surface area contributed by atoms with Crippen LogP contribution in [0.15, 0.2) is 72.8 Å². The Morgan fingerprint density at radius 3 is 2.04 bits per heavy atom. The molecule has 2 heterocycles. The van der Waals surface area contributed by atoms with Gasteiger partial charge in [0.2, 0.25) is 16.5 Å². The quantitative estimate of drug-likeness (QED) is 0.374. The second-order valence-corrected chi connectivity index (χ2v) is 6.80. The van der Waals surface area contributed by atoms with Crippen LogP contribution in [0.5, 0.6) is 0 Å². The van der Waals surface area contributed by atoms with E-state index in [2.05, 4.69) is 51.4 Å². The SMILES string of the molecule is Clc1nc(Cl)nc(-n2c3ccccc3c3cc(-c4ccccc4)ccc32)n1. The Labute approximate surface area is 165 Å². The highest BCUT2D eigenvalue weighted by molar-refractivity contribution is 6.31. The molecule has 6 heteroatoms. The van der Waals surface area contributed by atoms with E-state index in [-0.39, 0.29) is 10.6 Å². The number of fused-ring (bicyclic) bond motifs is 3. The number of hydrogen-bond acceptors (Lipinski definition) is 3. The topological polar surface area (TPSA) is 43.6 Å². The van der Waals surface area contributed by atoms with E-state index in [1.54, 1.807) is 0 Å². The molecule has 5 aromatic rings. The molecule has 5 rings (SSSR count). The van der Waals surface area contributed by atoms with Crippen LogP contribution in [0.3, 0.4) is 0 Å². The van der Waals surface area contributed by atoms with Gasteiger partial charge in [-0.2, -0.15) is 15.0 Å². The van der Waals surface area contributed by atoms with E-state index in [0.29, 0.717) is 5.95 Å². The van der Waals surface area contributed by atoms with Gasteiger partial charge < -0.3 is 0 Å². The molecule has 0 saturated heterocycles. The lowest BCUT2D eigenvalue weighted by Crippen LogP contribution is -2.03. The van der Waals surface area contributed by atoms with E-state index in [0.717, 1.165) is 27.4 Å². The van der Waals surface area contributed by atoms with Gasteiger partial charge in [-0.05, 0) is 52.5 Å². The van der Waals surface area contributed by atoms with Crippen LogP contribution >= 0.6 is 23.2 Å². The fraction of sp³-hybridized carbons (Fsp3) is 0. The monoisotopic (exact) mass is 390 g/mol. The highest BCUT2D eigenvalue weighted by Crippen LogP contribution is 2.34. The lowest BCUT2D eigenvalue weighted by atomic mass is 10.0. The molecule has 0 atom stereocenters. The summed E-state index contributed by atoms with van der Waals surface area (Å²) in [5, 5.41) is 2.35. The average Bonchev–Trinajstić information content (AvgIpc) is 3.02. The van der Waals surface area contributed by atoms with E-state index in [1.165, 1.54) is 5.56 Å². The Bertz CT molecular complexity index is 1280. The van der Waals surface area contributed by atoms with Gasteiger partial charge in [-0.3, -0.25) is 4.57 Å². The summed E-state index contributed by atoms with van der Waals surface area (Å²) in [6.07, 6.45) is 0. The molecular weight excluding hydrogens is 379 g/mol. The average molecular weight is 391 g/mol. The van der Waals surface area contributed by atoms with E-state index in [4.69, 9.17) is 23.2 Å². The largest absolute Gasteiger partial charge is 0.278 e. The molecule has 0 amide bonds. The summed E-state index contributed by atoms with van der Waals surface area (Å²) in [5.41, 5.74) is 4.28. The summed E-state index contributed by atoms with van der Waals surface area (Å²) in [4.78, 5) is 12.4. The molecule has 0 aliphatic heterocycles. The van der Waals surface area contributed by atoms with Gasteiger partial charge in [0.15, 0.2) is 0 Å². The van der Waals surface area contributed by atoms with Crippen molar-refractivity contribution >= 4 is 45.0 Å². The van der Waals surface area contributed by atoms with E-state index < -0.39 is 0 Å². The van der Waals surface area contributed by atoms with Crippen LogP contribution < -0.4 is 0 Å². The zero-order valence-corrected chi connectivity index (χ0v) is 15.5. The molecule has 2 aromatic heterocycles. The molecule has 3 aromatic carbocycles. The van der Waals surface area contributed by atoms with Crippen molar-refractivity contribution in [1.29, 1.82) is 0 Å². The van der Waals surface area contributed by atoms with Crippen LogP contribution in [0.25, 0.3) is 38.9 Å². The van der Waals surface area contributed by atoms with Gasteiger partial charge >= 0.3 is 0 Å². The summed E-state index contributed by atoms with van der Waals surface area (Å²) in [6, 6.07) is 24.8. The molecule has 130 valence electrons. The van der Waals surface area contributed by atoms with Gasteiger partial charge in [-0.25, -0.2) is 0 Å². The minimum Gasteiger partial charge on any atom is -0.278 e. The number of rotatable bonds is 2. The maximum absolute atomic E-state index is 6.01. The van der Waals surface area contributed by atoms with Crippen molar-refractivity contribution in [2.45, 2.75) is 0 Å². The Hall–Kier alpha value is -2.95. The van der Waals surface area contributed by atoms with Crippen molar-refractivity contribution in [3.63, 3.8) is 0 Å². The third-order valence-corrected chi connectivity index (χ3v) is 4.89. The van der Waals surface area contributed by atoms with Gasteiger partial charge in [-0.1, -0.05) is 54.6 Å². The van der Waals surface area contributed by atoms with E-state index >= 15 is 0 Å². The molecule has 0 fully saturated rings. The van der Waals surface area contributed by atoms with Crippen molar-refractivity contribution in [1.82, 2.24) is 19.5 Å². The van der Waals surface area contributed by atoms with Crippen LogP contribution in [0.1, 0.15) is 0 Å². The predicted octanol–water partition coefficient (Wildman–Crippen LogP) is 5.94. The fourth-order valence-electron chi connectivity index (χ4n) is 3.41. The highest BCUT2D eigenvalue weighted by atomic mass is 35.5. The molecule has 0 aliphatic carbocycles. The van der Waals surface area contributed by atoms with E-state index in [9.17, 15) is 0 Å². The standard InChI is InChI=1S/C21H12Cl2N4/c22-19-24-20(23)26-21(25-19)27-17-9-5-4-8-15(17)16-12-14(10-11-18(16)27)13-6-2-1-3-7-13/h1-12H. The second-order valence-electron chi connectivity index (χ2n) is 6.12. The molecular formula is C21H12Cl2N4. The van der Waals surface area contributed by atoms with Crippen molar-refractivity contribution in [3.8, 4) is 17.1 Å². The van der Waals surface area contributed by atoms with Crippen LogP contribution in [0.4, 0.5) is 0 Å². The Balaban J connectivity index is 1.85. The summed E-state index contributed by atoms with van der Waals surface area (Å²) in [7, 11) is 0. The molecule has 0 saturated carbocycles. The minimum atomic E-state index is 0.0665. The van der Waals surface area contributed by atoms with Gasteiger partial charge in [0.25, 0.3) is 0 Å². The molecule has 0 radical (unpaired) electrons. The van der Waals surface area contributed by atoms with Crippen molar-refractivity contribution < 1.29 is 0 Å². The zero-order valence-electron chi connectivity index (χ0n) is 14.0. The Kier molecular flexibility index (Phi) is 3.81. The van der Waals surface area contributed by atoms with Crippen LogP contribution in [0.2, 0.25) is 10.6 Å². The maximum Gasteiger partial charge on any atom is 0.240 e. The van der Waals surface area contributed by atoms with Crippen molar-refractivity contribution in [3.05, 3.63) is 83.4 Å². The molecule has 4 nitrogen and oxygen atoms in total. The number of benzene rings is 3. The summed E-state index contributed by atoms with van der Waals surface area (Å²) < 4.78 is 1.96. The summed E-state index contributed by atoms with van der Waals surface area (Å²) >= 11 is 12.0. The second kappa shape index (κ2) is 6.34. The number of aromatic nitrogens is 4. The number of halogens is 2. The van der Waals surface area contributed by atoms with Crippen LogP contribution in [0, 0.1) is 0 Å². The lowest BCUT2D eigenvalue weighted by Gasteiger charge is -2.06.